The van der Waals surface area contributed by atoms with Gasteiger partial charge in [0.05, 0.1) is 10.6 Å². The number of carbonyl (C=O) groups excluding carboxylic acids is 1. The van der Waals surface area contributed by atoms with Crippen LogP contribution < -0.4 is 10.9 Å². The number of hydrogen-bond donors (Lipinski definition) is 1. The van der Waals surface area contributed by atoms with Gasteiger partial charge in [-0.25, -0.2) is 4.98 Å². The van der Waals surface area contributed by atoms with Gasteiger partial charge in [-0.15, -0.1) is 11.3 Å². The molecule has 0 fully saturated rings. The van der Waals surface area contributed by atoms with Gasteiger partial charge in [-0.3, -0.25) is 14.2 Å². The van der Waals surface area contributed by atoms with E-state index in [-0.39, 0.29) is 22.8 Å². The van der Waals surface area contributed by atoms with Crippen LogP contribution in [0.2, 0.25) is 0 Å². The fraction of sp³-hybridized carbons (Fsp3) is 0.458. The van der Waals surface area contributed by atoms with Crippen molar-refractivity contribution in [1.29, 1.82) is 0 Å². The first-order chi connectivity index (χ1) is 14.9. The van der Waals surface area contributed by atoms with E-state index in [9.17, 15) is 9.59 Å². The maximum atomic E-state index is 13.6. The Morgan fingerprint density at radius 3 is 2.68 bits per heavy atom. The van der Waals surface area contributed by atoms with Crippen LogP contribution >= 0.6 is 23.1 Å². The summed E-state index contributed by atoms with van der Waals surface area (Å²) in [6, 6.07) is 10.3. The minimum absolute atomic E-state index is 0.0329. The first-order valence-electron chi connectivity index (χ1n) is 11.0. The van der Waals surface area contributed by atoms with Crippen molar-refractivity contribution < 1.29 is 4.79 Å². The summed E-state index contributed by atoms with van der Waals surface area (Å²) in [5, 5.41) is 4.07. The lowest BCUT2D eigenvalue weighted by molar-refractivity contribution is -0.120. The number of rotatable bonds is 7. The normalized spacial score (nSPS) is 14.6. The van der Waals surface area contributed by atoms with Gasteiger partial charge in [0.25, 0.3) is 5.56 Å². The molecule has 0 bridgehead atoms. The zero-order valence-electron chi connectivity index (χ0n) is 18.3. The first kappa shape index (κ1) is 22.1. The van der Waals surface area contributed by atoms with Crippen molar-refractivity contribution in [3.8, 4) is 0 Å². The summed E-state index contributed by atoms with van der Waals surface area (Å²) in [6.07, 6.45) is 5.06. The number of carbonyl (C=O) groups is 1. The summed E-state index contributed by atoms with van der Waals surface area (Å²) in [5.74, 6) is -0.0329. The second-order valence-electron chi connectivity index (χ2n) is 8.40. The Morgan fingerprint density at radius 1 is 1.19 bits per heavy atom. The number of aromatic nitrogens is 2. The molecule has 0 aliphatic heterocycles. The van der Waals surface area contributed by atoms with E-state index < -0.39 is 0 Å². The second kappa shape index (κ2) is 9.57. The molecule has 2 aromatic heterocycles. The van der Waals surface area contributed by atoms with Gasteiger partial charge in [-0.05, 0) is 64.0 Å². The summed E-state index contributed by atoms with van der Waals surface area (Å²) in [6.45, 7) is 6.33. The molecule has 1 aliphatic carbocycles. The van der Waals surface area contributed by atoms with E-state index in [1.165, 1.54) is 34.2 Å². The summed E-state index contributed by atoms with van der Waals surface area (Å²) in [4.78, 5) is 33.2. The maximum absolute atomic E-state index is 13.6. The lowest BCUT2D eigenvalue weighted by atomic mass is 9.97. The molecule has 3 aromatic rings. The molecule has 1 amide bonds. The highest BCUT2D eigenvalue weighted by Crippen LogP contribution is 2.35. The van der Waals surface area contributed by atoms with E-state index >= 15 is 0 Å². The summed E-state index contributed by atoms with van der Waals surface area (Å²) < 4.78 is 1.79. The molecule has 0 spiro atoms. The van der Waals surface area contributed by atoms with Crippen LogP contribution in [0.1, 0.15) is 49.6 Å². The van der Waals surface area contributed by atoms with E-state index in [4.69, 9.17) is 4.98 Å². The third-order valence-corrected chi connectivity index (χ3v) is 7.86. The molecule has 0 radical (unpaired) electrons. The van der Waals surface area contributed by atoms with Crippen LogP contribution in [0.5, 0.6) is 0 Å². The Balaban J connectivity index is 1.73. The zero-order chi connectivity index (χ0) is 22.0. The van der Waals surface area contributed by atoms with Gasteiger partial charge in [0.15, 0.2) is 5.16 Å². The van der Waals surface area contributed by atoms with Gasteiger partial charge in [0.1, 0.15) is 4.83 Å². The van der Waals surface area contributed by atoms with Crippen LogP contribution in [-0.2, 0) is 30.6 Å². The molecule has 1 aromatic carbocycles. The molecule has 4 rings (SSSR count). The Hall–Kier alpha value is -2.12. The molecule has 31 heavy (non-hydrogen) atoms. The monoisotopic (exact) mass is 455 g/mol. The van der Waals surface area contributed by atoms with Gasteiger partial charge in [0, 0.05) is 17.5 Å². The molecule has 2 heterocycles. The number of nitrogens with one attached hydrogen (secondary N) is 1. The Morgan fingerprint density at radius 2 is 1.94 bits per heavy atom. The fourth-order valence-electron chi connectivity index (χ4n) is 4.01. The lowest BCUT2D eigenvalue weighted by Gasteiger charge is -2.17. The summed E-state index contributed by atoms with van der Waals surface area (Å²) in [7, 11) is 0. The third-order valence-electron chi connectivity index (χ3n) is 5.59. The van der Waals surface area contributed by atoms with Crippen LogP contribution in [-0.4, -0.2) is 26.8 Å². The van der Waals surface area contributed by atoms with Crippen LogP contribution in [0.4, 0.5) is 0 Å². The highest BCUT2D eigenvalue weighted by atomic mass is 32.2. The van der Waals surface area contributed by atoms with Crippen molar-refractivity contribution in [3.63, 3.8) is 0 Å². The Labute approximate surface area is 191 Å². The number of nitrogens with zero attached hydrogens (tertiary/aromatic N) is 2. The molecule has 1 aliphatic rings. The number of thioether (sulfide) groups is 1. The highest BCUT2D eigenvalue weighted by Gasteiger charge is 2.24. The van der Waals surface area contributed by atoms with Crippen molar-refractivity contribution in [2.24, 2.45) is 0 Å². The van der Waals surface area contributed by atoms with Gasteiger partial charge >= 0.3 is 0 Å². The van der Waals surface area contributed by atoms with Gasteiger partial charge in [-0.1, -0.05) is 42.1 Å². The van der Waals surface area contributed by atoms with Crippen molar-refractivity contribution in [2.45, 2.75) is 75.9 Å². The van der Waals surface area contributed by atoms with Gasteiger partial charge in [-0.2, -0.15) is 0 Å². The van der Waals surface area contributed by atoms with E-state index in [1.807, 2.05) is 39.0 Å². The van der Waals surface area contributed by atoms with E-state index in [1.54, 1.807) is 15.9 Å². The van der Waals surface area contributed by atoms with E-state index in [0.29, 0.717) is 11.7 Å². The van der Waals surface area contributed by atoms with Gasteiger partial charge in [0.2, 0.25) is 5.91 Å². The summed E-state index contributed by atoms with van der Waals surface area (Å²) >= 11 is 3.04. The number of fused-ring (bicyclic) bond motifs is 3. The molecule has 7 heteroatoms. The molecule has 1 N–H and O–H groups in total. The molecule has 0 saturated heterocycles. The number of aryl methyl sites for hydroxylation is 3. The average Bonchev–Trinajstić information content (AvgIpc) is 3.12. The van der Waals surface area contributed by atoms with E-state index in [2.05, 4.69) is 17.4 Å². The van der Waals surface area contributed by atoms with Crippen molar-refractivity contribution in [2.75, 3.05) is 0 Å². The molecule has 0 saturated carbocycles. The smallest absolute Gasteiger partial charge is 0.263 e. The largest absolute Gasteiger partial charge is 0.353 e. The van der Waals surface area contributed by atoms with E-state index in [0.717, 1.165) is 35.9 Å². The first-order valence-corrected chi connectivity index (χ1v) is 12.7. The van der Waals surface area contributed by atoms with Crippen LogP contribution in [0, 0.1) is 0 Å². The lowest BCUT2D eigenvalue weighted by Crippen LogP contribution is -2.36. The minimum Gasteiger partial charge on any atom is -0.353 e. The third kappa shape index (κ3) is 4.88. The molecule has 5 nitrogen and oxygen atoms in total. The van der Waals surface area contributed by atoms with Crippen molar-refractivity contribution in [3.05, 3.63) is 56.7 Å². The standard InChI is InChI=1S/C24H29N3O2S2/c1-15(2)25-21(28)16(3)30-24-26-22-20(18-11-7-8-12-19(18)31-22)23(29)27(24)14-13-17-9-5-4-6-10-17/h4-6,9-10,15-16H,7-8,11-14H2,1-3H3,(H,25,28). The number of benzene rings is 1. The number of thiophene rings is 1. The van der Waals surface area contributed by atoms with Crippen molar-refractivity contribution >= 4 is 39.2 Å². The molecule has 164 valence electrons. The number of amides is 1. The minimum atomic E-state index is -0.329. The number of hydrogen-bond acceptors (Lipinski definition) is 5. The quantitative estimate of drug-likeness (QED) is 0.418. The van der Waals surface area contributed by atoms with Crippen LogP contribution in [0.15, 0.2) is 40.3 Å². The molecule has 1 atom stereocenters. The molecular formula is C24H29N3O2S2. The molecular weight excluding hydrogens is 426 g/mol. The maximum Gasteiger partial charge on any atom is 0.263 e. The zero-order valence-corrected chi connectivity index (χ0v) is 19.9. The summed E-state index contributed by atoms with van der Waals surface area (Å²) in [5.41, 5.74) is 2.43. The van der Waals surface area contributed by atoms with Crippen molar-refractivity contribution in [1.82, 2.24) is 14.9 Å². The average molecular weight is 456 g/mol. The predicted molar refractivity (Wildman–Crippen MR) is 129 cm³/mol. The fourth-order valence-corrected chi connectivity index (χ4v) is 6.25. The predicted octanol–water partition coefficient (Wildman–Crippen LogP) is 4.58. The second-order valence-corrected chi connectivity index (χ2v) is 10.8. The van der Waals surface area contributed by atoms with Gasteiger partial charge < -0.3 is 5.32 Å². The van der Waals surface area contributed by atoms with Crippen LogP contribution in [0.25, 0.3) is 10.2 Å². The highest BCUT2D eigenvalue weighted by molar-refractivity contribution is 8.00. The Bertz CT molecular complexity index is 1140. The Kier molecular flexibility index (Phi) is 6.82. The molecule has 1 unspecified atom stereocenters. The SMILES string of the molecule is CC(C)NC(=O)C(C)Sc1nc2sc3c(c2c(=O)n1CCc1ccccc1)CCCC3. The van der Waals surface area contributed by atoms with Crippen LogP contribution in [0.3, 0.4) is 0 Å². The topological polar surface area (TPSA) is 64.0 Å².